The van der Waals surface area contributed by atoms with Gasteiger partial charge in [0.2, 0.25) is 0 Å². The minimum absolute atomic E-state index is 1.23. The third-order valence-electron chi connectivity index (χ3n) is 31.2. The topological polar surface area (TPSA) is 13.2 Å². The summed E-state index contributed by atoms with van der Waals surface area (Å²) in [4.78, 5) is 0. The molecule has 0 saturated heterocycles. The molecule has 143 heavy (non-hydrogen) atoms. The molecule has 0 aliphatic rings. The molecular weight excluding hydrogens is 1720 g/mol. The molecule has 0 N–H and O–H groups in total. The van der Waals surface area contributed by atoms with Gasteiger partial charge in [0.1, 0.15) is 0 Å². The maximum Gasteiger partial charge on any atom is 0.0626 e. The van der Waals surface area contributed by atoms with E-state index in [4.69, 9.17) is 0 Å². The van der Waals surface area contributed by atoms with Crippen LogP contribution in [0.2, 0.25) is 0 Å². The van der Waals surface area contributed by atoms with Crippen LogP contribution in [0, 0.1) is 0 Å². The molecule has 26 aromatic carbocycles. The van der Waals surface area contributed by atoms with Crippen LogP contribution in [-0.2, 0) is 0 Å². The standard InChI is InChI=1S/2C48H29N.C44H27N/c1-2-12-33-29-34(26-23-30(33)11-1)31-21-24-32(25-22-31)45-36-14-3-5-16-38(36)46(39-17-6-4-15-37(39)45)42-28-27-40-35-13-7-9-19-43(35)49-44-20-10-8-18-41(44)47(42)48(40)49;1-2-13-30(14-3-1)32-27-28-41(34-16-5-4-15-33(32)34)47-39-20-8-6-18-37(39)46(38-19-7-9-21-40(38)47)31-25-26-36-43-23-12-22-42-35-17-10-11-24-44(35)49(48(42)43)45(36)29-31;1-2-14-28(15-3-1)29-16-4-5-18-31(29)41-32-19-6-8-21-34(32)42(35-22-9-7-20-33(35)41)37-24-13-27-40-43(37)38-25-12-23-36-30-17-10-11-26-39(30)45(40)44(36)38/h2*1-29H;1-27H. The van der Waals surface area contributed by atoms with Gasteiger partial charge in [-0.1, -0.05) is 473 Å². The second-order valence-electron chi connectivity index (χ2n) is 38.4. The second-order valence-corrected chi connectivity index (χ2v) is 38.4. The molecule has 0 amide bonds. The molecule has 0 saturated carbocycles. The minimum atomic E-state index is 1.23. The van der Waals surface area contributed by atoms with E-state index >= 15 is 0 Å². The van der Waals surface area contributed by atoms with E-state index in [9.17, 15) is 0 Å². The van der Waals surface area contributed by atoms with E-state index in [0.717, 1.165) is 0 Å². The highest BCUT2D eigenvalue weighted by atomic mass is 14.9. The lowest BCUT2D eigenvalue weighted by Crippen LogP contribution is -1.93. The molecule has 0 spiro atoms. The molecule has 0 aliphatic heterocycles. The Kier molecular flexibility index (Phi) is 17.9. The fourth-order valence-corrected chi connectivity index (χ4v) is 25.3. The quantitative estimate of drug-likeness (QED) is 0.128. The summed E-state index contributed by atoms with van der Waals surface area (Å²) < 4.78 is 7.44. The molecule has 6 aromatic heterocycles. The zero-order chi connectivity index (χ0) is 93.6. The molecular formula is C140H85N3. The molecule has 660 valence electrons. The van der Waals surface area contributed by atoms with E-state index in [1.54, 1.807) is 0 Å². The van der Waals surface area contributed by atoms with Crippen LogP contribution in [0.4, 0.5) is 0 Å². The first-order chi connectivity index (χ1) is 71.1. The highest BCUT2D eigenvalue weighted by Crippen LogP contribution is 2.55. The van der Waals surface area contributed by atoms with Crippen molar-refractivity contribution in [3.8, 4) is 100 Å². The average molecular weight is 1810 g/mol. The summed E-state index contributed by atoms with van der Waals surface area (Å²) in [5.41, 5.74) is 34.2. The van der Waals surface area contributed by atoms with Crippen molar-refractivity contribution < 1.29 is 0 Å². The van der Waals surface area contributed by atoms with E-state index in [2.05, 4.69) is 529 Å². The van der Waals surface area contributed by atoms with Crippen molar-refractivity contribution in [1.82, 2.24) is 13.2 Å². The summed E-state index contributed by atoms with van der Waals surface area (Å²) in [6.45, 7) is 0. The van der Waals surface area contributed by atoms with Gasteiger partial charge in [-0.15, -0.1) is 0 Å². The molecule has 6 heterocycles. The monoisotopic (exact) mass is 1810 g/mol. The van der Waals surface area contributed by atoms with Crippen LogP contribution in [-0.4, -0.2) is 13.2 Å². The summed E-state index contributed by atoms with van der Waals surface area (Å²) in [6.07, 6.45) is 0. The van der Waals surface area contributed by atoms with Gasteiger partial charge in [0.25, 0.3) is 0 Å². The molecule has 32 aromatic rings. The molecule has 3 heteroatoms. The molecule has 0 radical (unpaired) electrons. The van der Waals surface area contributed by atoms with Gasteiger partial charge in [-0.25, -0.2) is 0 Å². The van der Waals surface area contributed by atoms with Crippen LogP contribution in [0.3, 0.4) is 0 Å². The lowest BCUT2D eigenvalue weighted by molar-refractivity contribution is 1.37. The van der Waals surface area contributed by atoms with Crippen molar-refractivity contribution in [3.05, 3.63) is 516 Å². The van der Waals surface area contributed by atoms with Gasteiger partial charge in [0, 0.05) is 64.6 Å². The Morgan fingerprint density at radius 2 is 0.399 bits per heavy atom. The Bertz CT molecular complexity index is 10700. The zero-order valence-corrected chi connectivity index (χ0v) is 77.9. The van der Waals surface area contributed by atoms with E-state index in [1.165, 1.54) is 301 Å². The number of hydrogen-bond acceptors (Lipinski definition) is 0. The highest BCUT2D eigenvalue weighted by molar-refractivity contribution is 6.35. The van der Waals surface area contributed by atoms with Crippen LogP contribution in [0.5, 0.6) is 0 Å². The molecule has 0 bridgehead atoms. The van der Waals surface area contributed by atoms with Crippen molar-refractivity contribution in [2.24, 2.45) is 0 Å². The first-order valence-corrected chi connectivity index (χ1v) is 49.7. The summed E-state index contributed by atoms with van der Waals surface area (Å²) >= 11 is 0. The largest absolute Gasteiger partial charge is 0.308 e. The molecule has 3 nitrogen and oxygen atoms in total. The lowest BCUT2D eigenvalue weighted by Gasteiger charge is -2.20. The zero-order valence-electron chi connectivity index (χ0n) is 77.9. The van der Waals surface area contributed by atoms with Gasteiger partial charge < -0.3 is 13.2 Å². The van der Waals surface area contributed by atoms with Crippen LogP contribution in [0.15, 0.2) is 516 Å². The number of hydrogen-bond donors (Lipinski definition) is 0. The minimum Gasteiger partial charge on any atom is -0.308 e. The van der Waals surface area contributed by atoms with Gasteiger partial charge in [0.15, 0.2) is 0 Å². The van der Waals surface area contributed by atoms with Crippen molar-refractivity contribution >= 4 is 200 Å². The van der Waals surface area contributed by atoms with Crippen molar-refractivity contribution in [1.29, 1.82) is 0 Å². The first-order valence-electron chi connectivity index (χ1n) is 49.7. The van der Waals surface area contributed by atoms with Gasteiger partial charge in [-0.05, 0) is 229 Å². The van der Waals surface area contributed by atoms with Gasteiger partial charge in [-0.3, -0.25) is 0 Å². The fourth-order valence-electron chi connectivity index (χ4n) is 25.3. The van der Waals surface area contributed by atoms with E-state index in [1.807, 2.05) is 0 Å². The van der Waals surface area contributed by atoms with E-state index in [-0.39, 0.29) is 0 Å². The maximum atomic E-state index is 2.48. The third-order valence-corrected chi connectivity index (χ3v) is 31.2. The molecule has 32 rings (SSSR count). The SMILES string of the molecule is c1ccc(-c2ccc(-c3c4ccccc4c(-c4ccc5c6cccc7c8ccccc8n(c5c4)c76)c4ccccc34)c3ccccc23)cc1.c1ccc(-c2ccccc2-c2c3ccccc3c(-c3cccc4c3c3cccc5c6ccccc6n4c53)c3ccccc23)cc1.c1ccc2cc(-c3ccc(-c4c5ccccc5c(-c5ccc6c7ccccc7n7c8ccccc8c5c67)c5ccccc45)cc3)ccc2c1. The highest BCUT2D eigenvalue weighted by Gasteiger charge is 2.30. The Morgan fingerprint density at radius 3 is 0.923 bits per heavy atom. The molecule has 0 fully saturated rings. The number of nitrogens with zero attached hydrogens (tertiary/aromatic N) is 3. The van der Waals surface area contributed by atoms with Crippen LogP contribution in [0.1, 0.15) is 0 Å². The maximum absolute atomic E-state index is 2.48. The van der Waals surface area contributed by atoms with Crippen LogP contribution >= 0.6 is 0 Å². The molecule has 0 unspecified atom stereocenters. The average Bonchev–Trinajstić information content (AvgIpc) is 1.53. The summed E-state index contributed by atoms with van der Waals surface area (Å²) in [7, 11) is 0. The van der Waals surface area contributed by atoms with Crippen LogP contribution in [0.25, 0.3) is 301 Å². The van der Waals surface area contributed by atoms with Crippen molar-refractivity contribution in [3.63, 3.8) is 0 Å². The predicted molar refractivity (Wildman–Crippen MR) is 612 cm³/mol. The number of aromatic nitrogens is 3. The van der Waals surface area contributed by atoms with Gasteiger partial charge in [-0.2, -0.15) is 0 Å². The second kappa shape index (κ2) is 31.9. The number of fused-ring (bicyclic) bond motifs is 26. The predicted octanol–water partition coefficient (Wildman–Crippen LogP) is 38.7. The summed E-state index contributed by atoms with van der Waals surface area (Å²) in [6, 6.07) is 190. The Hall–Kier alpha value is -18.8. The number of rotatable bonds is 9. The lowest BCUT2D eigenvalue weighted by atomic mass is 9.83. The Balaban J connectivity index is 0.000000100. The molecule has 0 aliphatic carbocycles. The third kappa shape index (κ3) is 12.0. The van der Waals surface area contributed by atoms with Crippen LogP contribution < -0.4 is 0 Å². The normalized spacial score (nSPS) is 12.1. The van der Waals surface area contributed by atoms with Crippen molar-refractivity contribution in [2.75, 3.05) is 0 Å². The summed E-state index contributed by atoms with van der Waals surface area (Å²) in [5.74, 6) is 0. The van der Waals surface area contributed by atoms with Gasteiger partial charge >= 0.3 is 0 Å². The first kappa shape index (κ1) is 80.3. The van der Waals surface area contributed by atoms with E-state index in [0.29, 0.717) is 0 Å². The number of benzene rings is 26. The smallest absolute Gasteiger partial charge is 0.0626 e. The number of para-hydroxylation sites is 6. The van der Waals surface area contributed by atoms with E-state index < -0.39 is 0 Å². The fraction of sp³-hybridized carbons (Fsp3) is 0. The van der Waals surface area contributed by atoms with Crippen molar-refractivity contribution in [2.45, 2.75) is 0 Å². The Morgan fingerprint density at radius 1 is 0.105 bits per heavy atom. The van der Waals surface area contributed by atoms with Gasteiger partial charge in [0.05, 0.1) is 49.7 Å². The Labute approximate surface area is 823 Å². The summed E-state index contributed by atoms with van der Waals surface area (Å²) in [5, 5.41) is 36.0. The molecule has 0 atom stereocenters.